The molecule has 14 heavy (non-hydrogen) atoms. The number of hydrogen-bond acceptors (Lipinski definition) is 3. The molecule has 1 aliphatic rings. The summed E-state index contributed by atoms with van der Waals surface area (Å²) < 4.78 is 0. The molecule has 0 saturated heterocycles. The maximum Gasteiger partial charge on any atom is 0.488 e. The van der Waals surface area contributed by atoms with Crippen LogP contribution in [-0.2, 0) is 0 Å². The van der Waals surface area contributed by atoms with Gasteiger partial charge in [-0.25, -0.2) is 0 Å². The third kappa shape index (κ3) is 1.27. The highest BCUT2D eigenvalue weighted by Crippen LogP contribution is 2.30. The molecule has 1 aromatic rings. The van der Waals surface area contributed by atoms with Gasteiger partial charge in [0.1, 0.15) is 0 Å². The van der Waals surface area contributed by atoms with Gasteiger partial charge in [-0.15, -0.1) is 0 Å². The monoisotopic (exact) mass is 190 g/mol. The van der Waals surface area contributed by atoms with E-state index in [0.29, 0.717) is 17.4 Å². The SMILES string of the molecule is CC1CC(=O)c2cccc(B(O)O)c21. The Morgan fingerprint density at radius 3 is 2.79 bits per heavy atom. The standard InChI is InChI=1S/C10H11BO3/c1-6-5-9(12)7-3-2-4-8(10(6)7)11(13)14/h2-4,6,13-14H,5H2,1H3. The van der Waals surface area contributed by atoms with Crippen molar-refractivity contribution >= 4 is 18.4 Å². The Morgan fingerprint density at radius 2 is 2.14 bits per heavy atom. The van der Waals surface area contributed by atoms with Crippen molar-refractivity contribution in [1.29, 1.82) is 0 Å². The highest BCUT2D eigenvalue weighted by molar-refractivity contribution is 6.59. The molecule has 0 aromatic heterocycles. The molecule has 1 aromatic carbocycles. The van der Waals surface area contributed by atoms with Gasteiger partial charge >= 0.3 is 7.12 Å². The van der Waals surface area contributed by atoms with Gasteiger partial charge in [0.2, 0.25) is 0 Å². The van der Waals surface area contributed by atoms with Crippen molar-refractivity contribution in [3.05, 3.63) is 29.3 Å². The van der Waals surface area contributed by atoms with Crippen LogP contribution in [0.15, 0.2) is 18.2 Å². The van der Waals surface area contributed by atoms with E-state index in [-0.39, 0.29) is 11.7 Å². The van der Waals surface area contributed by atoms with Gasteiger partial charge in [0.25, 0.3) is 0 Å². The highest BCUT2D eigenvalue weighted by Gasteiger charge is 2.31. The Morgan fingerprint density at radius 1 is 1.43 bits per heavy atom. The topological polar surface area (TPSA) is 57.5 Å². The number of carbonyl (C=O) groups excluding carboxylic acids is 1. The second kappa shape index (κ2) is 3.22. The van der Waals surface area contributed by atoms with Crippen LogP contribution in [0.5, 0.6) is 0 Å². The molecule has 1 atom stereocenters. The van der Waals surface area contributed by atoms with E-state index in [0.717, 1.165) is 5.56 Å². The number of ketones is 1. The molecule has 1 unspecified atom stereocenters. The number of Topliss-reactive ketones (excluding diaryl/α,β-unsaturated/α-hetero) is 1. The Bertz CT molecular complexity index is 387. The summed E-state index contributed by atoms with van der Waals surface area (Å²) in [5, 5.41) is 18.3. The first-order valence-corrected chi connectivity index (χ1v) is 4.63. The number of carbonyl (C=O) groups is 1. The van der Waals surface area contributed by atoms with Crippen molar-refractivity contribution in [3.8, 4) is 0 Å². The Hall–Kier alpha value is -1.13. The summed E-state index contributed by atoms with van der Waals surface area (Å²) in [5.41, 5.74) is 1.90. The Balaban J connectivity index is 2.62. The molecule has 0 aliphatic heterocycles. The van der Waals surface area contributed by atoms with Crippen LogP contribution in [0, 0.1) is 0 Å². The van der Waals surface area contributed by atoms with E-state index in [1.165, 1.54) is 0 Å². The molecule has 3 nitrogen and oxygen atoms in total. The summed E-state index contributed by atoms with van der Waals surface area (Å²) >= 11 is 0. The molecule has 0 amide bonds. The summed E-state index contributed by atoms with van der Waals surface area (Å²) in [4.78, 5) is 11.5. The van der Waals surface area contributed by atoms with Crippen molar-refractivity contribution < 1.29 is 14.8 Å². The molecular formula is C10H11BO3. The van der Waals surface area contributed by atoms with Gasteiger partial charge < -0.3 is 10.0 Å². The lowest BCUT2D eigenvalue weighted by Gasteiger charge is -2.09. The third-order valence-corrected chi connectivity index (χ3v) is 2.70. The minimum absolute atomic E-state index is 0.0926. The fraction of sp³-hybridized carbons (Fsp3) is 0.300. The zero-order valence-corrected chi connectivity index (χ0v) is 7.90. The van der Waals surface area contributed by atoms with E-state index in [4.69, 9.17) is 10.0 Å². The van der Waals surface area contributed by atoms with E-state index in [2.05, 4.69) is 0 Å². The van der Waals surface area contributed by atoms with Crippen molar-refractivity contribution in [2.75, 3.05) is 0 Å². The molecule has 0 saturated carbocycles. The van der Waals surface area contributed by atoms with Gasteiger partial charge in [0.15, 0.2) is 5.78 Å². The number of hydrogen-bond donors (Lipinski definition) is 2. The minimum atomic E-state index is -1.49. The summed E-state index contributed by atoms with van der Waals surface area (Å²) in [6.45, 7) is 1.93. The van der Waals surface area contributed by atoms with Crippen molar-refractivity contribution in [2.24, 2.45) is 0 Å². The van der Waals surface area contributed by atoms with Gasteiger partial charge in [0, 0.05) is 12.0 Å². The quantitative estimate of drug-likeness (QED) is 0.615. The molecule has 72 valence electrons. The zero-order chi connectivity index (χ0) is 10.3. The first-order valence-electron chi connectivity index (χ1n) is 4.63. The van der Waals surface area contributed by atoms with Crippen LogP contribution in [-0.4, -0.2) is 22.9 Å². The molecule has 0 bridgehead atoms. The fourth-order valence-electron chi connectivity index (χ4n) is 2.09. The molecule has 0 heterocycles. The summed E-state index contributed by atoms with van der Waals surface area (Å²) in [6, 6.07) is 5.08. The molecule has 2 N–H and O–H groups in total. The highest BCUT2D eigenvalue weighted by atomic mass is 16.4. The molecule has 0 spiro atoms. The second-order valence-corrected chi connectivity index (χ2v) is 3.71. The van der Waals surface area contributed by atoms with E-state index in [1.54, 1.807) is 18.2 Å². The second-order valence-electron chi connectivity index (χ2n) is 3.71. The minimum Gasteiger partial charge on any atom is -0.423 e. The fourth-order valence-corrected chi connectivity index (χ4v) is 2.09. The first-order chi connectivity index (χ1) is 6.61. The molecule has 0 fully saturated rings. The van der Waals surface area contributed by atoms with Crippen LogP contribution in [0.3, 0.4) is 0 Å². The predicted octanol–water partition coefficient (Wildman–Crippen LogP) is 0.0563. The molecule has 0 radical (unpaired) electrons. The zero-order valence-electron chi connectivity index (χ0n) is 7.90. The van der Waals surface area contributed by atoms with Gasteiger partial charge in [-0.3, -0.25) is 4.79 Å². The molecule has 4 heteroatoms. The molecular weight excluding hydrogens is 179 g/mol. The van der Waals surface area contributed by atoms with Gasteiger partial charge in [0.05, 0.1) is 0 Å². The summed E-state index contributed by atoms with van der Waals surface area (Å²) in [6.07, 6.45) is 0.471. The average molecular weight is 190 g/mol. The lowest BCUT2D eigenvalue weighted by atomic mass is 9.74. The van der Waals surface area contributed by atoms with Crippen LogP contribution in [0.1, 0.15) is 35.2 Å². The predicted molar refractivity (Wildman–Crippen MR) is 53.6 cm³/mol. The van der Waals surface area contributed by atoms with Gasteiger partial charge in [-0.1, -0.05) is 25.1 Å². The van der Waals surface area contributed by atoms with E-state index in [1.807, 2.05) is 6.92 Å². The van der Waals surface area contributed by atoms with Gasteiger partial charge in [-0.05, 0) is 16.9 Å². The van der Waals surface area contributed by atoms with Gasteiger partial charge in [-0.2, -0.15) is 0 Å². The van der Waals surface area contributed by atoms with Crippen molar-refractivity contribution in [2.45, 2.75) is 19.3 Å². The Kier molecular flexibility index (Phi) is 2.17. The lowest BCUT2D eigenvalue weighted by molar-refractivity contribution is 0.0990. The van der Waals surface area contributed by atoms with Crippen LogP contribution in [0.4, 0.5) is 0 Å². The Labute approximate surface area is 82.5 Å². The van der Waals surface area contributed by atoms with Crippen LogP contribution < -0.4 is 5.46 Å². The van der Waals surface area contributed by atoms with Crippen LogP contribution in [0.25, 0.3) is 0 Å². The smallest absolute Gasteiger partial charge is 0.423 e. The van der Waals surface area contributed by atoms with Crippen LogP contribution in [0.2, 0.25) is 0 Å². The molecule has 1 aliphatic carbocycles. The van der Waals surface area contributed by atoms with Crippen LogP contribution >= 0.6 is 0 Å². The lowest BCUT2D eigenvalue weighted by Crippen LogP contribution is -2.33. The van der Waals surface area contributed by atoms with Crippen molar-refractivity contribution in [1.82, 2.24) is 0 Å². The number of fused-ring (bicyclic) bond motifs is 1. The van der Waals surface area contributed by atoms with E-state index < -0.39 is 7.12 Å². The van der Waals surface area contributed by atoms with E-state index in [9.17, 15) is 4.79 Å². The number of rotatable bonds is 1. The largest absolute Gasteiger partial charge is 0.488 e. The molecule has 2 rings (SSSR count). The summed E-state index contributed by atoms with van der Waals surface area (Å²) in [5.74, 6) is 0.186. The average Bonchev–Trinajstić information content (AvgIpc) is 2.43. The first kappa shape index (κ1) is 9.43. The maximum absolute atomic E-state index is 11.5. The number of benzene rings is 1. The summed E-state index contributed by atoms with van der Waals surface area (Å²) in [7, 11) is -1.49. The maximum atomic E-state index is 11.5. The van der Waals surface area contributed by atoms with Crippen molar-refractivity contribution in [3.63, 3.8) is 0 Å². The third-order valence-electron chi connectivity index (χ3n) is 2.70. The van der Waals surface area contributed by atoms with E-state index >= 15 is 0 Å². The normalized spacial score (nSPS) is 19.6.